The van der Waals surface area contributed by atoms with Gasteiger partial charge in [-0.25, -0.2) is 0 Å². The number of benzene rings is 1. The largest absolute Gasteiger partial charge is 0.480 e. The zero-order chi connectivity index (χ0) is 8.97. The van der Waals surface area contributed by atoms with E-state index in [0.29, 0.717) is 6.42 Å². The Labute approximate surface area is 70.8 Å². The lowest BCUT2D eigenvalue weighted by molar-refractivity contribution is -0.138. The predicted octanol–water partition coefficient (Wildman–Crippen LogP) is 0.641. The van der Waals surface area contributed by atoms with Crippen LogP contribution in [0.3, 0.4) is 0 Å². The third-order valence-electron chi connectivity index (χ3n) is 1.62. The van der Waals surface area contributed by atoms with Crippen LogP contribution in [0.15, 0.2) is 30.3 Å². The van der Waals surface area contributed by atoms with Crippen LogP contribution in [0.5, 0.6) is 0 Å². The first-order valence-corrected chi connectivity index (χ1v) is 3.72. The van der Waals surface area contributed by atoms with Crippen molar-refractivity contribution >= 4 is 5.97 Å². The summed E-state index contributed by atoms with van der Waals surface area (Å²) < 4.78 is 0. The maximum Gasteiger partial charge on any atom is 0.320 e. The van der Waals surface area contributed by atoms with Crippen molar-refractivity contribution in [3.63, 3.8) is 0 Å². The van der Waals surface area contributed by atoms with Gasteiger partial charge in [-0.15, -0.1) is 0 Å². The number of nitrogens with two attached hydrogens (primary N) is 1. The van der Waals surface area contributed by atoms with Crippen LogP contribution in [0.1, 0.15) is 5.56 Å². The first-order chi connectivity index (χ1) is 5.70. The molecule has 1 aromatic carbocycles. The molecule has 1 aromatic rings. The third kappa shape index (κ3) is 2.36. The first kappa shape index (κ1) is 8.74. The molecule has 0 aliphatic heterocycles. The topological polar surface area (TPSA) is 63.3 Å². The summed E-state index contributed by atoms with van der Waals surface area (Å²) in [5.74, 6) is -0.959. The minimum atomic E-state index is -0.959. The van der Waals surface area contributed by atoms with Gasteiger partial charge in [0.05, 0.1) is 0 Å². The van der Waals surface area contributed by atoms with Crippen LogP contribution in [0.25, 0.3) is 0 Å². The van der Waals surface area contributed by atoms with Gasteiger partial charge in [-0.05, 0) is 12.0 Å². The lowest BCUT2D eigenvalue weighted by Gasteiger charge is -2.04. The molecule has 12 heavy (non-hydrogen) atoms. The Morgan fingerprint density at radius 1 is 1.42 bits per heavy atom. The van der Waals surface area contributed by atoms with E-state index in [-0.39, 0.29) is 0 Å². The molecule has 0 bridgehead atoms. The lowest BCUT2D eigenvalue weighted by atomic mass is 10.1. The molecule has 0 heterocycles. The molecule has 0 aliphatic carbocycles. The molecule has 0 saturated heterocycles. The van der Waals surface area contributed by atoms with Gasteiger partial charge in [-0.1, -0.05) is 30.3 Å². The van der Waals surface area contributed by atoms with Crippen LogP contribution >= 0.6 is 0 Å². The van der Waals surface area contributed by atoms with Crippen molar-refractivity contribution in [2.24, 2.45) is 5.73 Å². The molecular weight excluding hydrogens is 155 g/mol. The highest BCUT2D eigenvalue weighted by atomic mass is 16.5. The Hall–Kier alpha value is -1.35. The van der Waals surface area contributed by atoms with E-state index >= 15 is 0 Å². The minimum Gasteiger partial charge on any atom is -0.480 e. The van der Waals surface area contributed by atoms with Crippen LogP contribution in [-0.2, 0) is 11.2 Å². The fraction of sp³-hybridized carbons (Fsp3) is 0.222. The molecule has 0 unspecified atom stereocenters. The van der Waals surface area contributed by atoms with Crippen LogP contribution in [-0.4, -0.2) is 17.1 Å². The van der Waals surface area contributed by atoms with Crippen molar-refractivity contribution < 1.29 is 9.90 Å². The summed E-state index contributed by atoms with van der Waals surface area (Å²) >= 11 is 0. The Bertz CT molecular complexity index is 258. The van der Waals surface area contributed by atoms with Crippen molar-refractivity contribution in [2.45, 2.75) is 12.5 Å². The number of aliphatic carboxylic acids is 1. The minimum absolute atomic E-state index is 0.385. The number of carbonyl (C=O) groups is 1. The quantitative estimate of drug-likeness (QED) is 0.648. The molecule has 0 fully saturated rings. The Kier molecular flexibility index (Phi) is 2.82. The number of hydrogen-bond donors (Lipinski definition) is 2. The van der Waals surface area contributed by atoms with Gasteiger partial charge in [0.15, 0.2) is 0 Å². The molecular formula is C9H11NO2. The average molecular weight is 166 g/mol. The van der Waals surface area contributed by atoms with Gasteiger partial charge in [0.1, 0.15) is 6.04 Å². The lowest BCUT2D eigenvalue weighted by Crippen LogP contribution is -2.32. The molecule has 64 valence electrons. The van der Waals surface area contributed by atoms with Crippen LogP contribution in [0.2, 0.25) is 0 Å². The highest BCUT2D eigenvalue weighted by Gasteiger charge is 2.10. The second-order valence-corrected chi connectivity index (χ2v) is 2.63. The van der Waals surface area contributed by atoms with Gasteiger partial charge in [0, 0.05) is 0 Å². The highest BCUT2D eigenvalue weighted by molar-refractivity contribution is 5.73. The number of hydrogen-bond acceptors (Lipinski definition) is 2. The van der Waals surface area contributed by atoms with Crippen LogP contribution < -0.4 is 5.73 Å². The van der Waals surface area contributed by atoms with Crippen molar-refractivity contribution in [1.29, 1.82) is 0 Å². The molecule has 0 amide bonds. The number of carboxylic acids is 1. The summed E-state index contributed by atoms with van der Waals surface area (Å²) in [6.07, 6.45) is 0.385. The Balaban J connectivity index is 2.58. The molecule has 0 spiro atoms. The van der Waals surface area contributed by atoms with Crippen LogP contribution in [0, 0.1) is 0 Å². The van der Waals surface area contributed by atoms with E-state index in [2.05, 4.69) is 0 Å². The average Bonchev–Trinajstić information content (AvgIpc) is 2.06. The van der Waals surface area contributed by atoms with Crippen LogP contribution in [0.4, 0.5) is 0 Å². The number of carboxylic acid groups (broad SMARTS) is 1. The summed E-state index contributed by atoms with van der Waals surface area (Å²) in [5.41, 5.74) is 6.30. The molecule has 0 aromatic heterocycles. The smallest absolute Gasteiger partial charge is 0.320 e. The molecule has 3 heteroatoms. The first-order valence-electron chi connectivity index (χ1n) is 3.72. The van der Waals surface area contributed by atoms with Gasteiger partial charge in [-0.3, -0.25) is 4.79 Å². The fourth-order valence-electron chi connectivity index (χ4n) is 0.955. The van der Waals surface area contributed by atoms with Crippen molar-refractivity contribution in [2.75, 3.05) is 0 Å². The maximum atomic E-state index is 10.4. The van der Waals surface area contributed by atoms with Crippen molar-refractivity contribution in [3.8, 4) is 0 Å². The van der Waals surface area contributed by atoms with Gasteiger partial charge in [0.25, 0.3) is 0 Å². The normalized spacial score (nSPS) is 12.4. The van der Waals surface area contributed by atoms with E-state index in [0.717, 1.165) is 5.56 Å². The summed E-state index contributed by atoms with van der Waals surface area (Å²) in [6.45, 7) is 0. The van der Waals surface area contributed by atoms with E-state index in [9.17, 15) is 4.79 Å². The summed E-state index contributed by atoms with van der Waals surface area (Å²) in [4.78, 5) is 10.4. The SMILES string of the molecule is N[C@@H](Cc1ccccc1)[13C](=O)O. The second kappa shape index (κ2) is 3.88. The van der Waals surface area contributed by atoms with Gasteiger partial charge >= 0.3 is 5.97 Å². The van der Waals surface area contributed by atoms with E-state index in [1.54, 1.807) is 0 Å². The zero-order valence-electron chi connectivity index (χ0n) is 6.60. The Morgan fingerprint density at radius 2 is 2.00 bits per heavy atom. The van der Waals surface area contributed by atoms with E-state index in [1.807, 2.05) is 30.3 Å². The highest BCUT2D eigenvalue weighted by Crippen LogP contribution is 2.01. The van der Waals surface area contributed by atoms with Gasteiger partial charge in [-0.2, -0.15) is 0 Å². The predicted molar refractivity (Wildman–Crippen MR) is 45.8 cm³/mol. The summed E-state index contributed by atoms with van der Waals surface area (Å²) in [7, 11) is 0. The molecule has 0 saturated carbocycles. The molecule has 0 aliphatic rings. The molecule has 3 nitrogen and oxygen atoms in total. The van der Waals surface area contributed by atoms with E-state index in [1.165, 1.54) is 0 Å². The standard InChI is InChI=1S/C9H11NO2/c10-8(9(11)12)6-7-4-2-1-3-5-7/h1-5,8H,6,10H2,(H,11,12)/t8-/m0/s1/i9+1. The van der Waals surface area contributed by atoms with E-state index < -0.39 is 12.0 Å². The van der Waals surface area contributed by atoms with Gasteiger partial charge in [0.2, 0.25) is 0 Å². The second-order valence-electron chi connectivity index (χ2n) is 2.63. The third-order valence-corrected chi connectivity index (χ3v) is 1.62. The van der Waals surface area contributed by atoms with E-state index in [4.69, 9.17) is 10.8 Å². The monoisotopic (exact) mass is 166 g/mol. The number of rotatable bonds is 3. The zero-order valence-corrected chi connectivity index (χ0v) is 6.60. The summed E-state index contributed by atoms with van der Waals surface area (Å²) in [5, 5.41) is 8.52. The van der Waals surface area contributed by atoms with Crippen molar-refractivity contribution in [3.05, 3.63) is 35.9 Å². The Morgan fingerprint density at radius 3 is 2.50 bits per heavy atom. The molecule has 3 N–H and O–H groups in total. The van der Waals surface area contributed by atoms with Crippen molar-refractivity contribution in [1.82, 2.24) is 0 Å². The van der Waals surface area contributed by atoms with Gasteiger partial charge < -0.3 is 10.8 Å². The fourth-order valence-corrected chi connectivity index (χ4v) is 0.955. The maximum absolute atomic E-state index is 10.4. The summed E-state index contributed by atoms with van der Waals surface area (Å²) in [6, 6.07) is 8.54. The molecule has 1 atom stereocenters. The molecule has 0 radical (unpaired) electrons. The molecule has 1 rings (SSSR count).